The van der Waals surface area contributed by atoms with Crippen LogP contribution in [0.25, 0.3) is 10.9 Å². The molecule has 0 saturated carbocycles. The largest absolute Gasteiger partial charge is 0.251 e. The van der Waals surface area contributed by atoms with Gasteiger partial charge in [0, 0.05) is 11.4 Å². The minimum Gasteiger partial charge on any atom is -0.251 e. The van der Waals surface area contributed by atoms with Crippen molar-refractivity contribution in [3.8, 4) is 0 Å². The molecule has 21 heavy (non-hydrogen) atoms. The maximum atomic E-state index is 4.78. The molecule has 0 spiro atoms. The van der Waals surface area contributed by atoms with Crippen LogP contribution in [0.3, 0.4) is 0 Å². The SMILES string of the molecule is c1ccc(C2CC(c3ccc4ccccc4n3)NN2)cc1. The number of hydrazine groups is 1. The van der Waals surface area contributed by atoms with E-state index < -0.39 is 0 Å². The zero-order chi connectivity index (χ0) is 14.1. The van der Waals surface area contributed by atoms with Gasteiger partial charge in [0.1, 0.15) is 0 Å². The Labute approximate surface area is 124 Å². The molecule has 1 aromatic heterocycles. The number of hydrogen-bond acceptors (Lipinski definition) is 3. The number of pyridine rings is 1. The van der Waals surface area contributed by atoms with Crippen molar-refractivity contribution in [3.05, 3.63) is 78.0 Å². The molecule has 104 valence electrons. The Morgan fingerprint density at radius 2 is 1.52 bits per heavy atom. The lowest BCUT2D eigenvalue weighted by Crippen LogP contribution is -2.27. The summed E-state index contributed by atoms with van der Waals surface area (Å²) in [6.07, 6.45) is 1.01. The van der Waals surface area contributed by atoms with E-state index in [2.05, 4.69) is 59.4 Å². The fourth-order valence-electron chi connectivity index (χ4n) is 2.93. The van der Waals surface area contributed by atoms with E-state index in [1.54, 1.807) is 0 Å². The number of rotatable bonds is 2. The van der Waals surface area contributed by atoms with Crippen molar-refractivity contribution in [1.29, 1.82) is 0 Å². The number of aromatic nitrogens is 1. The van der Waals surface area contributed by atoms with E-state index in [1.807, 2.05) is 18.2 Å². The molecule has 2 atom stereocenters. The summed E-state index contributed by atoms with van der Waals surface area (Å²) in [6.45, 7) is 0. The summed E-state index contributed by atoms with van der Waals surface area (Å²) in [4.78, 5) is 4.78. The smallest absolute Gasteiger partial charge is 0.0706 e. The Bertz CT molecular complexity index is 755. The van der Waals surface area contributed by atoms with Gasteiger partial charge in [0.25, 0.3) is 0 Å². The van der Waals surface area contributed by atoms with Crippen molar-refractivity contribution < 1.29 is 0 Å². The van der Waals surface area contributed by atoms with Crippen LogP contribution in [0, 0.1) is 0 Å². The fraction of sp³-hybridized carbons (Fsp3) is 0.167. The third-order valence-corrected chi connectivity index (χ3v) is 4.08. The van der Waals surface area contributed by atoms with Gasteiger partial charge in [-0.2, -0.15) is 0 Å². The van der Waals surface area contributed by atoms with E-state index >= 15 is 0 Å². The third kappa shape index (κ3) is 2.42. The van der Waals surface area contributed by atoms with Gasteiger partial charge in [0.2, 0.25) is 0 Å². The second-order valence-corrected chi connectivity index (χ2v) is 5.47. The van der Waals surface area contributed by atoms with Gasteiger partial charge in [-0.15, -0.1) is 0 Å². The molecule has 2 heterocycles. The summed E-state index contributed by atoms with van der Waals surface area (Å²) in [5.41, 5.74) is 10.2. The molecule has 0 amide bonds. The molecular formula is C18H17N3. The highest BCUT2D eigenvalue weighted by molar-refractivity contribution is 5.78. The molecule has 0 radical (unpaired) electrons. The van der Waals surface area contributed by atoms with E-state index in [4.69, 9.17) is 4.98 Å². The molecule has 1 aliphatic rings. The van der Waals surface area contributed by atoms with Crippen LogP contribution < -0.4 is 10.9 Å². The Hall–Kier alpha value is -2.23. The molecule has 1 aliphatic heterocycles. The molecule has 3 aromatic rings. The monoisotopic (exact) mass is 275 g/mol. The van der Waals surface area contributed by atoms with Crippen LogP contribution in [0.15, 0.2) is 66.7 Å². The average molecular weight is 275 g/mol. The van der Waals surface area contributed by atoms with Gasteiger partial charge < -0.3 is 0 Å². The number of para-hydroxylation sites is 1. The van der Waals surface area contributed by atoms with Gasteiger partial charge in [-0.1, -0.05) is 54.6 Å². The van der Waals surface area contributed by atoms with Gasteiger partial charge in [-0.05, 0) is 24.1 Å². The van der Waals surface area contributed by atoms with Gasteiger partial charge in [-0.25, -0.2) is 10.9 Å². The van der Waals surface area contributed by atoms with Crippen molar-refractivity contribution in [1.82, 2.24) is 15.8 Å². The highest BCUT2D eigenvalue weighted by atomic mass is 15.4. The molecule has 3 heteroatoms. The lowest BCUT2D eigenvalue weighted by molar-refractivity contribution is 0.550. The lowest BCUT2D eigenvalue weighted by Gasteiger charge is -2.10. The Morgan fingerprint density at radius 1 is 0.762 bits per heavy atom. The van der Waals surface area contributed by atoms with Gasteiger partial charge in [0.05, 0.1) is 17.3 Å². The molecule has 4 rings (SSSR count). The predicted molar refractivity (Wildman–Crippen MR) is 84.6 cm³/mol. The van der Waals surface area contributed by atoms with Crippen LogP contribution in [0.2, 0.25) is 0 Å². The zero-order valence-electron chi connectivity index (χ0n) is 11.7. The van der Waals surface area contributed by atoms with Crippen LogP contribution in [0.1, 0.15) is 29.8 Å². The molecular weight excluding hydrogens is 258 g/mol. The average Bonchev–Trinajstić information content (AvgIpc) is 3.05. The highest BCUT2D eigenvalue weighted by Crippen LogP contribution is 2.30. The van der Waals surface area contributed by atoms with Crippen molar-refractivity contribution in [2.75, 3.05) is 0 Å². The second-order valence-electron chi connectivity index (χ2n) is 5.47. The summed E-state index contributed by atoms with van der Waals surface area (Å²) in [5, 5.41) is 1.19. The first kappa shape index (κ1) is 12.5. The lowest BCUT2D eigenvalue weighted by atomic mass is 10.00. The number of nitrogens with zero attached hydrogens (tertiary/aromatic N) is 1. The molecule has 1 saturated heterocycles. The van der Waals surface area contributed by atoms with Gasteiger partial charge in [-0.3, -0.25) is 4.98 Å². The maximum Gasteiger partial charge on any atom is 0.0706 e. The van der Waals surface area contributed by atoms with Crippen molar-refractivity contribution >= 4 is 10.9 Å². The van der Waals surface area contributed by atoms with E-state index in [9.17, 15) is 0 Å². The van der Waals surface area contributed by atoms with Crippen LogP contribution in [0.4, 0.5) is 0 Å². The van der Waals surface area contributed by atoms with E-state index in [1.165, 1.54) is 10.9 Å². The summed E-state index contributed by atoms with van der Waals surface area (Å²) in [6, 6.07) is 23.6. The van der Waals surface area contributed by atoms with E-state index in [-0.39, 0.29) is 6.04 Å². The molecule has 2 aromatic carbocycles. The summed E-state index contributed by atoms with van der Waals surface area (Å²) >= 11 is 0. The van der Waals surface area contributed by atoms with Crippen LogP contribution in [0.5, 0.6) is 0 Å². The van der Waals surface area contributed by atoms with Crippen LogP contribution in [-0.2, 0) is 0 Å². The quantitative estimate of drug-likeness (QED) is 0.751. The number of hydrogen-bond donors (Lipinski definition) is 2. The third-order valence-electron chi connectivity index (χ3n) is 4.08. The minimum absolute atomic E-state index is 0.250. The molecule has 2 unspecified atom stereocenters. The first-order valence-electron chi connectivity index (χ1n) is 7.32. The minimum atomic E-state index is 0.250. The van der Waals surface area contributed by atoms with Crippen LogP contribution in [-0.4, -0.2) is 4.98 Å². The molecule has 3 nitrogen and oxygen atoms in total. The van der Waals surface area contributed by atoms with Gasteiger partial charge in [0.15, 0.2) is 0 Å². The number of nitrogens with one attached hydrogen (secondary N) is 2. The normalized spacial score (nSPS) is 21.7. The first-order valence-corrected chi connectivity index (χ1v) is 7.32. The van der Waals surface area contributed by atoms with Crippen molar-refractivity contribution in [2.45, 2.75) is 18.5 Å². The fourth-order valence-corrected chi connectivity index (χ4v) is 2.93. The Balaban J connectivity index is 1.59. The predicted octanol–water partition coefficient (Wildman–Crippen LogP) is 3.52. The number of benzene rings is 2. The molecule has 2 N–H and O–H groups in total. The van der Waals surface area contributed by atoms with Gasteiger partial charge >= 0.3 is 0 Å². The zero-order valence-corrected chi connectivity index (χ0v) is 11.7. The highest BCUT2D eigenvalue weighted by Gasteiger charge is 2.26. The molecule has 0 aliphatic carbocycles. The van der Waals surface area contributed by atoms with Crippen molar-refractivity contribution in [3.63, 3.8) is 0 Å². The number of fused-ring (bicyclic) bond motifs is 1. The summed E-state index contributed by atoms with van der Waals surface area (Å²) in [5.74, 6) is 0. The summed E-state index contributed by atoms with van der Waals surface area (Å²) < 4.78 is 0. The van der Waals surface area contributed by atoms with E-state index in [0.29, 0.717) is 6.04 Å². The second kappa shape index (κ2) is 5.28. The summed E-state index contributed by atoms with van der Waals surface area (Å²) in [7, 11) is 0. The standard InChI is InChI=1S/C18H17N3/c1-2-6-13(7-3-1)17-12-18(21-20-17)16-11-10-14-8-4-5-9-15(14)19-16/h1-11,17-18,20-21H,12H2. The van der Waals surface area contributed by atoms with Crippen LogP contribution >= 0.6 is 0 Å². The topological polar surface area (TPSA) is 37.0 Å². The Morgan fingerprint density at radius 3 is 2.43 bits per heavy atom. The first-order chi connectivity index (χ1) is 10.4. The molecule has 1 fully saturated rings. The Kier molecular flexibility index (Phi) is 3.14. The molecule has 0 bridgehead atoms. The maximum absolute atomic E-state index is 4.78. The van der Waals surface area contributed by atoms with E-state index in [0.717, 1.165) is 17.6 Å². The van der Waals surface area contributed by atoms with Crippen molar-refractivity contribution in [2.24, 2.45) is 0 Å².